The number of hydrogen-bond acceptors (Lipinski definition) is 1. The van der Waals surface area contributed by atoms with Crippen LogP contribution >= 0.6 is 0 Å². The number of nitrogens with zero attached hydrogens (tertiary/aromatic N) is 1. The van der Waals surface area contributed by atoms with Crippen LogP contribution < -0.4 is 0 Å². The van der Waals surface area contributed by atoms with E-state index in [2.05, 4.69) is 32.6 Å². The van der Waals surface area contributed by atoms with Crippen molar-refractivity contribution < 1.29 is 0 Å². The van der Waals surface area contributed by atoms with Gasteiger partial charge in [-0.25, -0.2) is 0 Å². The van der Waals surface area contributed by atoms with E-state index in [9.17, 15) is 0 Å². The second kappa shape index (κ2) is 5.75. The Kier molecular flexibility index (Phi) is 4.94. The summed E-state index contributed by atoms with van der Waals surface area (Å²) in [5, 5.41) is 0. The van der Waals surface area contributed by atoms with Gasteiger partial charge in [0.05, 0.1) is 0 Å². The standard InChI is InChI=1S/C13H27N/c1-5-12-7-8-14(9-11(3)4)10-13(12)6-2/h11-13H,5-10H2,1-4H3/t12?,13-/m0/s1. The van der Waals surface area contributed by atoms with Crippen LogP contribution in [0.1, 0.15) is 47.0 Å². The van der Waals surface area contributed by atoms with E-state index in [0.717, 1.165) is 17.8 Å². The summed E-state index contributed by atoms with van der Waals surface area (Å²) >= 11 is 0. The molecule has 0 aromatic rings. The van der Waals surface area contributed by atoms with Gasteiger partial charge in [0.1, 0.15) is 0 Å². The zero-order chi connectivity index (χ0) is 10.6. The van der Waals surface area contributed by atoms with Crippen LogP contribution in [0.25, 0.3) is 0 Å². The first-order valence-corrected chi connectivity index (χ1v) is 6.39. The van der Waals surface area contributed by atoms with Crippen LogP contribution in [0, 0.1) is 17.8 Å². The Hall–Kier alpha value is -0.0400. The first-order chi connectivity index (χ1) is 6.67. The highest BCUT2D eigenvalue weighted by atomic mass is 15.1. The minimum atomic E-state index is 0.825. The molecule has 1 heterocycles. The molecule has 0 radical (unpaired) electrons. The van der Waals surface area contributed by atoms with Crippen LogP contribution in [0.5, 0.6) is 0 Å². The van der Waals surface area contributed by atoms with Crippen LogP contribution in [0.2, 0.25) is 0 Å². The van der Waals surface area contributed by atoms with Crippen LogP contribution in [-0.2, 0) is 0 Å². The lowest BCUT2D eigenvalue weighted by Crippen LogP contribution is -2.41. The molecule has 2 atom stereocenters. The molecule has 84 valence electrons. The first kappa shape index (κ1) is 12.0. The first-order valence-electron chi connectivity index (χ1n) is 6.39. The van der Waals surface area contributed by atoms with E-state index in [1.165, 1.54) is 38.9 Å². The van der Waals surface area contributed by atoms with Crippen LogP contribution in [-0.4, -0.2) is 24.5 Å². The van der Waals surface area contributed by atoms with E-state index in [1.807, 2.05) is 0 Å². The molecule has 0 aromatic carbocycles. The van der Waals surface area contributed by atoms with Crippen molar-refractivity contribution in [2.75, 3.05) is 19.6 Å². The molecule has 1 aliphatic rings. The maximum atomic E-state index is 2.67. The van der Waals surface area contributed by atoms with Gasteiger partial charge in [-0.3, -0.25) is 0 Å². The lowest BCUT2D eigenvalue weighted by atomic mass is 9.82. The van der Waals surface area contributed by atoms with E-state index in [-0.39, 0.29) is 0 Å². The van der Waals surface area contributed by atoms with Gasteiger partial charge in [-0.15, -0.1) is 0 Å². The Morgan fingerprint density at radius 3 is 2.29 bits per heavy atom. The molecule has 1 heteroatoms. The SMILES string of the molecule is CCC1CCN(CC(C)C)C[C@@H]1CC. The molecule has 1 fully saturated rings. The van der Waals surface area contributed by atoms with Crippen molar-refractivity contribution in [1.29, 1.82) is 0 Å². The fourth-order valence-corrected chi connectivity index (χ4v) is 2.84. The Morgan fingerprint density at radius 1 is 1.14 bits per heavy atom. The maximum absolute atomic E-state index is 2.67. The second-order valence-electron chi connectivity index (χ2n) is 5.28. The highest BCUT2D eigenvalue weighted by molar-refractivity contribution is 4.79. The summed E-state index contributed by atoms with van der Waals surface area (Å²) in [7, 11) is 0. The van der Waals surface area contributed by atoms with E-state index in [0.29, 0.717) is 0 Å². The molecule has 1 aliphatic heterocycles. The normalized spacial score (nSPS) is 29.8. The second-order valence-corrected chi connectivity index (χ2v) is 5.28. The van der Waals surface area contributed by atoms with Crippen LogP contribution in [0.3, 0.4) is 0 Å². The maximum Gasteiger partial charge on any atom is 0.00123 e. The van der Waals surface area contributed by atoms with E-state index in [1.54, 1.807) is 0 Å². The molecule has 0 aromatic heterocycles. The van der Waals surface area contributed by atoms with Crippen molar-refractivity contribution in [1.82, 2.24) is 4.90 Å². The summed E-state index contributed by atoms with van der Waals surface area (Å²) in [5.74, 6) is 2.79. The van der Waals surface area contributed by atoms with Gasteiger partial charge in [-0.1, -0.05) is 40.5 Å². The van der Waals surface area contributed by atoms with E-state index >= 15 is 0 Å². The quantitative estimate of drug-likeness (QED) is 0.667. The molecule has 0 spiro atoms. The van der Waals surface area contributed by atoms with E-state index < -0.39 is 0 Å². The molecule has 1 rings (SSSR count). The van der Waals surface area contributed by atoms with Crippen molar-refractivity contribution >= 4 is 0 Å². The summed E-state index contributed by atoms with van der Waals surface area (Å²) in [6, 6.07) is 0. The molecule has 1 saturated heterocycles. The van der Waals surface area contributed by atoms with Gasteiger partial charge in [0, 0.05) is 13.1 Å². The third-order valence-electron chi connectivity index (χ3n) is 3.65. The minimum Gasteiger partial charge on any atom is -0.303 e. The minimum absolute atomic E-state index is 0.825. The zero-order valence-electron chi connectivity index (χ0n) is 10.4. The zero-order valence-corrected chi connectivity index (χ0v) is 10.4. The van der Waals surface area contributed by atoms with Crippen molar-refractivity contribution in [2.24, 2.45) is 17.8 Å². The molecule has 0 amide bonds. The molecule has 0 bridgehead atoms. The van der Waals surface area contributed by atoms with Gasteiger partial charge < -0.3 is 4.90 Å². The van der Waals surface area contributed by atoms with Crippen molar-refractivity contribution in [3.63, 3.8) is 0 Å². The Labute approximate surface area is 89.9 Å². The van der Waals surface area contributed by atoms with Gasteiger partial charge in [0.2, 0.25) is 0 Å². The average Bonchev–Trinajstić information content (AvgIpc) is 2.16. The third-order valence-corrected chi connectivity index (χ3v) is 3.65. The van der Waals surface area contributed by atoms with Crippen molar-refractivity contribution in [2.45, 2.75) is 47.0 Å². The van der Waals surface area contributed by atoms with Gasteiger partial charge in [0.15, 0.2) is 0 Å². The van der Waals surface area contributed by atoms with Gasteiger partial charge in [-0.2, -0.15) is 0 Å². The monoisotopic (exact) mass is 197 g/mol. The number of likely N-dealkylation sites (tertiary alicyclic amines) is 1. The highest BCUT2D eigenvalue weighted by Crippen LogP contribution is 2.28. The van der Waals surface area contributed by atoms with Crippen molar-refractivity contribution in [3.05, 3.63) is 0 Å². The molecule has 0 N–H and O–H groups in total. The molecule has 1 nitrogen and oxygen atoms in total. The molecule has 0 aliphatic carbocycles. The lowest BCUT2D eigenvalue weighted by Gasteiger charge is -2.38. The van der Waals surface area contributed by atoms with Crippen LogP contribution in [0.4, 0.5) is 0 Å². The fourth-order valence-electron chi connectivity index (χ4n) is 2.84. The average molecular weight is 197 g/mol. The summed E-state index contributed by atoms with van der Waals surface area (Å²) in [5.41, 5.74) is 0. The van der Waals surface area contributed by atoms with Gasteiger partial charge >= 0.3 is 0 Å². The molecular weight excluding hydrogens is 170 g/mol. The van der Waals surface area contributed by atoms with Crippen molar-refractivity contribution in [3.8, 4) is 0 Å². The lowest BCUT2D eigenvalue weighted by molar-refractivity contribution is 0.103. The molecule has 0 saturated carbocycles. The Bertz CT molecular complexity index is 153. The van der Waals surface area contributed by atoms with Gasteiger partial charge in [0.25, 0.3) is 0 Å². The Morgan fingerprint density at radius 2 is 1.79 bits per heavy atom. The highest BCUT2D eigenvalue weighted by Gasteiger charge is 2.26. The molecule has 1 unspecified atom stereocenters. The van der Waals surface area contributed by atoms with Crippen LogP contribution in [0.15, 0.2) is 0 Å². The molecule has 14 heavy (non-hydrogen) atoms. The molecular formula is C13H27N. The number of hydrogen-bond donors (Lipinski definition) is 0. The third kappa shape index (κ3) is 3.27. The summed E-state index contributed by atoms with van der Waals surface area (Å²) in [6.45, 7) is 13.4. The fraction of sp³-hybridized carbons (Fsp3) is 1.00. The van der Waals surface area contributed by atoms with Gasteiger partial charge in [-0.05, 0) is 30.7 Å². The predicted octanol–water partition coefficient (Wildman–Crippen LogP) is 3.40. The smallest absolute Gasteiger partial charge is 0.00123 e. The summed E-state index contributed by atoms with van der Waals surface area (Å²) < 4.78 is 0. The summed E-state index contributed by atoms with van der Waals surface area (Å²) in [4.78, 5) is 2.67. The topological polar surface area (TPSA) is 3.24 Å². The summed E-state index contributed by atoms with van der Waals surface area (Å²) in [6.07, 6.45) is 4.18. The number of piperidine rings is 1. The Balaban J connectivity index is 2.40. The largest absolute Gasteiger partial charge is 0.303 e. The number of rotatable bonds is 4. The predicted molar refractivity (Wildman–Crippen MR) is 63.5 cm³/mol. The van der Waals surface area contributed by atoms with E-state index in [4.69, 9.17) is 0 Å².